The molecule has 3 fully saturated rings. The van der Waals surface area contributed by atoms with Crippen molar-refractivity contribution in [3.63, 3.8) is 0 Å². The van der Waals surface area contributed by atoms with Gasteiger partial charge < -0.3 is 73.4 Å². The number of nitrogens with one attached hydrogen (secondary N) is 6. The number of carbonyl (C=O) groups is 11. The first-order chi connectivity index (χ1) is 31.2. The van der Waals surface area contributed by atoms with Crippen LogP contribution in [0.1, 0.15) is 78.6 Å². The van der Waals surface area contributed by atoms with Crippen molar-refractivity contribution in [2.75, 3.05) is 45.1 Å². The lowest BCUT2D eigenvalue weighted by atomic mass is 9.97. The van der Waals surface area contributed by atoms with Crippen molar-refractivity contribution in [1.29, 1.82) is 0 Å². The summed E-state index contributed by atoms with van der Waals surface area (Å²) < 4.78 is 0. The first-order valence-corrected chi connectivity index (χ1v) is 22.6. The Hall–Kier alpha value is -5.60. The molecule has 3 rings (SSSR count). The molecule has 66 heavy (non-hydrogen) atoms. The van der Waals surface area contributed by atoms with Gasteiger partial charge in [0.2, 0.25) is 59.1 Å². The summed E-state index contributed by atoms with van der Waals surface area (Å²) in [5, 5.41) is 43.6. The van der Waals surface area contributed by atoms with Crippen LogP contribution in [-0.2, 0) is 52.7 Å². The zero-order valence-corrected chi connectivity index (χ0v) is 38.3. The zero-order chi connectivity index (χ0) is 49.4. The third kappa shape index (κ3) is 14.7. The van der Waals surface area contributed by atoms with Crippen LogP contribution in [0.4, 0.5) is 0 Å². The number of carbonyl (C=O) groups excluding carboxylic acids is 10. The molecule has 13 N–H and O–H groups in total. The van der Waals surface area contributed by atoms with Crippen LogP contribution in [0.5, 0.6) is 0 Å². The Kier molecular flexibility index (Phi) is 21.5. The largest absolute Gasteiger partial charge is 0.480 e. The van der Waals surface area contributed by atoms with Gasteiger partial charge in [-0.05, 0) is 57.8 Å². The molecule has 3 aliphatic heterocycles. The van der Waals surface area contributed by atoms with Gasteiger partial charge in [-0.3, -0.25) is 52.7 Å². The highest BCUT2D eigenvalue weighted by molar-refractivity contribution is 7.80. The Labute approximate surface area is 387 Å². The second-order valence-electron chi connectivity index (χ2n) is 16.6. The summed E-state index contributed by atoms with van der Waals surface area (Å²) in [6.07, 6.45) is 1.61. The number of nitrogens with zero attached hydrogens (tertiary/aromatic N) is 3. The standard InChI is InChI=1S/C40H65N11O14S/c1-4-20(2)31(48-32(56)25(19-66)45-30(55)16-43-33(57)26-8-5-13-49(26)37(61)22(41)17-52)36(60)47-24(18-53)39(63)51-15-7-10-28(51)35(59)46-23(11-12-29(42)54)38(62)50-14-6-9-27(50)34(58)44-21(3)40(64)65/h20-28,31,52-53,66H,4-19,41H2,1-3H3,(H2,42,54)(H,43,57)(H,44,58)(H,45,55)(H,46,59)(H,47,60)(H,48,56)(H,64,65)/t20-,21-,22-,23-,24-,25-,26-,27-,28-,31-/m0/s1. The average Bonchev–Trinajstić information content (AvgIpc) is 4.10. The molecule has 0 unspecified atom stereocenters. The van der Waals surface area contributed by atoms with Crippen molar-refractivity contribution in [2.45, 2.75) is 133 Å². The highest BCUT2D eigenvalue weighted by atomic mass is 32.1. The van der Waals surface area contributed by atoms with Crippen LogP contribution in [0.25, 0.3) is 0 Å². The van der Waals surface area contributed by atoms with Crippen molar-refractivity contribution >= 4 is 77.7 Å². The number of hydrogen-bond acceptors (Lipinski definition) is 15. The summed E-state index contributed by atoms with van der Waals surface area (Å²) in [6.45, 7) is 2.88. The predicted molar refractivity (Wildman–Crippen MR) is 234 cm³/mol. The van der Waals surface area contributed by atoms with Crippen LogP contribution in [0, 0.1) is 5.92 Å². The maximum Gasteiger partial charge on any atom is 0.325 e. The van der Waals surface area contributed by atoms with E-state index in [1.54, 1.807) is 13.8 Å². The number of thiol groups is 1. The summed E-state index contributed by atoms with van der Waals surface area (Å²) >= 11 is 4.17. The lowest BCUT2D eigenvalue weighted by molar-refractivity contribution is -0.146. The molecule has 0 aromatic heterocycles. The minimum atomic E-state index is -1.60. The number of carboxylic acid groups (broad SMARTS) is 1. The van der Waals surface area contributed by atoms with Crippen LogP contribution in [0.2, 0.25) is 0 Å². The zero-order valence-electron chi connectivity index (χ0n) is 37.4. The number of aliphatic carboxylic acids is 1. The Morgan fingerprint density at radius 3 is 1.67 bits per heavy atom. The van der Waals surface area contributed by atoms with E-state index in [2.05, 4.69) is 44.5 Å². The Bertz CT molecular complexity index is 1830. The topological polar surface area (TPSA) is 382 Å². The average molecular weight is 956 g/mol. The van der Waals surface area contributed by atoms with Gasteiger partial charge in [-0.15, -0.1) is 0 Å². The number of nitrogens with two attached hydrogens (primary N) is 2. The summed E-state index contributed by atoms with van der Waals surface area (Å²) in [6, 6.07) is -11.2. The smallest absolute Gasteiger partial charge is 0.325 e. The number of aliphatic hydroxyl groups is 2. The fourth-order valence-electron chi connectivity index (χ4n) is 7.91. The number of carboxylic acids is 1. The molecule has 0 saturated carbocycles. The Morgan fingerprint density at radius 2 is 1.18 bits per heavy atom. The number of aliphatic hydroxyl groups excluding tert-OH is 2. The molecule has 25 nitrogen and oxygen atoms in total. The summed E-state index contributed by atoms with van der Waals surface area (Å²) in [5.74, 6) is -9.71. The number of hydrogen-bond donors (Lipinski definition) is 12. The van der Waals surface area contributed by atoms with Crippen LogP contribution in [0.3, 0.4) is 0 Å². The van der Waals surface area contributed by atoms with E-state index < -0.39 is 145 Å². The SMILES string of the molecule is CC[C@H](C)[C@H](NC(=O)[C@H](CS)NC(=O)CNC(=O)[C@@H]1CCCN1C(=O)[C@@H](N)CO)C(=O)N[C@@H](CO)C(=O)N1CCC[C@H]1C(=O)N[C@@H](CCC(N)=O)C(=O)N1CCC[C@H]1C(=O)N[C@@H](C)C(=O)O. The maximum atomic E-state index is 13.9. The number of rotatable bonds is 24. The van der Waals surface area contributed by atoms with E-state index in [0.29, 0.717) is 32.1 Å². The van der Waals surface area contributed by atoms with Crippen LogP contribution in [-0.4, -0.2) is 195 Å². The molecule has 0 radical (unpaired) electrons. The Balaban J connectivity index is 1.67. The number of likely N-dealkylation sites (tertiary alicyclic amines) is 3. The van der Waals surface area contributed by atoms with Crippen LogP contribution >= 0.6 is 12.6 Å². The van der Waals surface area contributed by atoms with Gasteiger partial charge in [-0.2, -0.15) is 12.6 Å². The van der Waals surface area contributed by atoms with E-state index in [9.17, 15) is 68.1 Å². The second kappa shape index (κ2) is 25.9. The molecule has 3 saturated heterocycles. The van der Waals surface area contributed by atoms with Crippen LogP contribution < -0.4 is 43.4 Å². The van der Waals surface area contributed by atoms with Crippen LogP contribution in [0.15, 0.2) is 0 Å². The molecule has 0 aromatic carbocycles. The van der Waals surface area contributed by atoms with Crippen molar-refractivity contribution in [3.8, 4) is 0 Å². The molecule has 3 aliphatic rings. The molecule has 0 aromatic rings. The first kappa shape index (κ1) is 54.7. The molecule has 26 heteroatoms. The van der Waals surface area contributed by atoms with E-state index in [1.807, 2.05) is 0 Å². The predicted octanol–water partition coefficient (Wildman–Crippen LogP) is -5.84. The highest BCUT2D eigenvalue weighted by Crippen LogP contribution is 2.23. The van der Waals surface area contributed by atoms with Gasteiger partial charge in [0.05, 0.1) is 19.8 Å². The van der Waals surface area contributed by atoms with E-state index in [0.717, 1.165) is 4.90 Å². The van der Waals surface area contributed by atoms with Crippen molar-refractivity contribution in [3.05, 3.63) is 0 Å². The minimum absolute atomic E-state index is 0.0174. The van der Waals surface area contributed by atoms with E-state index in [-0.39, 0.29) is 51.1 Å². The lowest BCUT2D eigenvalue weighted by Gasteiger charge is -2.32. The molecule has 0 spiro atoms. The second-order valence-corrected chi connectivity index (χ2v) is 17.0. The van der Waals surface area contributed by atoms with Crippen molar-refractivity contribution in [2.24, 2.45) is 17.4 Å². The lowest BCUT2D eigenvalue weighted by Crippen LogP contribution is -2.61. The van der Waals surface area contributed by atoms with Gasteiger partial charge in [0, 0.05) is 31.8 Å². The number of primary amides is 1. The maximum absolute atomic E-state index is 13.9. The first-order valence-electron chi connectivity index (χ1n) is 22.0. The molecule has 0 bridgehead atoms. The van der Waals surface area contributed by atoms with E-state index in [1.165, 1.54) is 16.7 Å². The molecular formula is C40H65N11O14S. The van der Waals surface area contributed by atoms with Gasteiger partial charge in [0.1, 0.15) is 54.4 Å². The fourth-order valence-corrected chi connectivity index (χ4v) is 8.17. The molecule has 10 atom stereocenters. The van der Waals surface area contributed by atoms with Gasteiger partial charge >= 0.3 is 5.97 Å². The minimum Gasteiger partial charge on any atom is -0.480 e. The fraction of sp³-hybridized carbons (Fsp3) is 0.725. The summed E-state index contributed by atoms with van der Waals surface area (Å²) in [7, 11) is 0. The molecular weight excluding hydrogens is 891 g/mol. The van der Waals surface area contributed by atoms with Crippen molar-refractivity contribution < 1.29 is 68.1 Å². The van der Waals surface area contributed by atoms with Gasteiger partial charge in [0.25, 0.3) is 0 Å². The molecule has 10 amide bonds. The highest BCUT2D eigenvalue weighted by Gasteiger charge is 2.43. The third-order valence-corrected chi connectivity index (χ3v) is 12.3. The van der Waals surface area contributed by atoms with Gasteiger partial charge in [-0.25, -0.2) is 0 Å². The quantitative estimate of drug-likeness (QED) is 0.0401. The Morgan fingerprint density at radius 1 is 0.667 bits per heavy atom. The van der Waals surface area contributed by atoms with E-state index in [4.69, 9.17) is 11.5 Å². The third-order valence-electron chi connectivity index (χ3n) is 11.9. The molecule has 370 valence electrons. The monoisotopic (exact) mass is 955 g/mol. The molecule has 0 aliphatic carbocycles. The van der Waals surface area contributed by atoms with Crippen molar-refractivity contribution in [1.82, 2.24) is 46.6 Å². The summed E-state index contributed by atoms with van der Waals surface area (Å²) in [4.78, 5) is 147. The normalized spacial score (nSPS) is 21.3. The van der Waals surface area contributed by atoms with Gasteiger partial charge in [0.15, 0.2) is 0 Å². The van der Waals surface area contributed by atoms with Gasteiger partial charge in [-0.1, -0.05) is 20.3 Å². The number of amides is 10. The summed E-state index contributed by atoms with van der Waals surface area (Å²) in [5.41, 5.74) is 11.0. The van der Waals surface area contributed by atoms with E-state index >= 15 is 0 Å². The molecule has 3 heterocycles.